The van der Waals surface area contributed by atoms with Gasteiger partial charge in [0.05, 0.1) is 10.6 Å². The molecule has 0 bridgehead atoms. The first-order valence-electron chi connectivity index (χ1n) is 5.43. The molecule has 2 aromatic rings. The minimum absolute atomic E-state index is 0.0675. The molecule has 1 N–H and O–H groups in total. The SMILES string of the molecule is Cc1ccc(NS(=O)(=O)c2ccc(Cl)cc2)cc1F. The molecule has 0 radical (unpaired) electrons. The van der Waals surface area contributed by atoms with Crippen molar-refractivity contribution >= 4 is 27.3 Å². The van der Waals surface area contributed by atoms with Crippen LogP contribution in [0.2, 0.25) is 5.02 Å². The lowest BCUT2D eigenvalue weighted by molar-refractivity contribution is 0.601. The van der Waals surface area contributed by atoms with Crippen molar-refractivity contribution in [2.24, 2.45) is 0 Å². The zero-order valence-corrected chi connectivity index (χ0v) is 11.6. The zero-order valence-electron chi connectivity index (χ0n) is 10.0. The highest BCUT2D eigenvalue weighted by Crippen LogP contribution is 2.19. The molecule has 2 aromatic carbocycles. The van der Waals surface area contributed by atoms with Gasteiger partial charge >= 0.3 is 0 Å². The summed E-state index contributed by atoms with van der Waals surface area (Å²) in [6, 6.07) is 9.88. The molecule has 0 aliphatic rings. The first-order valence-corrected chi connectivity index (χ1v) is 7.29. The van der Waals surface area contributed by atoms with Gasteiger partial charge in [0.15, 0.2) is 0 Å². The first kappa shape index (κ1) is 13.8. The van der Waals surface area contributed by atoms with Crippen LogP contribution in [0.15, 0.2) is 47.4 Å². The van der Waals surface area contributed by atoms with Crippen LogP contribution in [0.25, 0.3) is 0 Å². The predicted molar refractivity (Wildman–Crippen MR) is 73.4 cm³/mol. The topological polar surface area (TPSA) is 46.2 Å². The second-order valence-electron chi connectivity index (χ2n) is 4.02. The molecular weight excluding hydrogens is 289 g/mol. The van der Waals surface area contributed by atoms with Crippen LogP contribution >= 0.6 is 11.6 Å². The monoisotopic (exact) mass is 299 g/mol. The number of sulfonamides is 1. The Morgan fingerprint density at radius 1 is 1.11 bits per heavy atom. The number of rotatable bonds is 3. The molecular formula is C13H11ClFNO2S. The van der Waals surface area contributed by atoms with Crippen LogP contribution in [0.3, 0.4) is 0 Å². The van der Waals surface area contributed by atoms with E-state index in [1.54, 1.807) is 6.92 Å². The summed E-state index contributed by atoms with van der Waals surface area (Å²) in [5.41, 5.74) is 0.632. The fourth-order valence-electron chi connectivity index (χ4n) is 1.48. The Labute approximate surface area is 116 Å². The molecule has 0 saturated heterocycles. The average Bonchev–Trinajstić information content (AvgIpc) is 2.34. The van der Waals surface area contributed by atoms with Crippen molar-refractivity contribution in [1.82, 2.24) is 0 Å². The molecule has 2 rings (SSSR count). The molecule has 0 unspecified atom stereocenters. The third-order valence-corrected chi connectivity index (χ3v) is 4.20. The van der Waals surface area contributed by atoms with E-state index in [0.29, 0.717) is 10.6 Å². The summed E-state index contributed by atoms with van der Waals surface area (Å²) < 4.78 is 39.7. The van der Waals surface area contributed by atoms with Crippen LogP contribution in [0.5, 0.6) is 0 Å². The number of hydrogen-bond acceptors (Lipinski definition) is 2. The Balaban J connectivity index is 2.30. The van der Waals surface area contributed by atoms with E-state index in [1.807, 2.05) is 0 Å². The standard InChI is InChI=1S/C13H11ClFNO2S/c1-9-2-5-11(8-13(9)15)16-19(17,18)12-6-3-10(14)4-7-12/h2-8,16H,1H3. The van der Waals surface area contributed by atoms with Crippen molar-refractivity contribution in [3.8, 4) is 0 Å². The molecule has 6 heteroatoms. The quantitative estimate of drug-likeness (QED) is 0.941. The summed E-state index contributed by atoms with van der Waals surface area (Å²) in [7, 11) is -3.74. The highest BCUT2D eigenvalue weighted by atomic mass is 35.5. The van der Waals surface area contributed by atoms with Gasteiger partial charge in [0.1, 0.15) is 5.82 Å². The second kappa shape index (κ2) is 5.19. The van der Waals surface area contributed by atoms with Crippen LogP contribution in [-0.4, -0.2) is 8.42 Å². The van der Waals surface area contributed by atoms with Gasteiger partial charge in [-0.2, -0.15) is 0 Å². The van der Waals surface area contributed by atoms with Crippen LogP contribution < -0.4 is 4.72 Å². The summed E-state index contributed by atoms with van der Waals surface area (Å²) in [6.45, 7) is 1.60. The first-order chi connectivity index (χ1) is 8.88. The molecule has 0 spiro atoms. The Morgan fingerprint density at radius 3 is 2.32 bits per heavy atom. The molecule has 3 nitrogen and oxygen atoms in total. The molecule has 19 heavy (non-hydrogen) atoms. The molecule has 0 aliphatic heterocycles. The summed E-state index contributed by atoms with van der Waals surface area (Å²) in [5, 5.41) is 0.445. The Kier molecular flexibility index (Phi) is 3.78. The van der Waals surface area contributed by atoms with Gasteiger partial charge in [-0.25, -0.2) is 12.8 Å². The van der Waals surface area contributed by atoms with Gasteiger partial charge < -0.3 is 0 Å². The molecule has 0 amide bonds. The van der Waals surface area contributed by atoms with E-state index < -0.39 is 15.8 Å². The Morgan fingerprint density at radius 2 is 1.74 bits per heavy atom. The second-order valence-corrected chi connectivity index (χ2v) is 6.14. The van der Waals surface area contributed by atoms with Crippen LogP contribution in [0.4, 0.5) is 10.1 Å². The summed E-state index contributed by atoms with van der Waals surface area (Å²) in [5.74, 6) is -0.462. The highest BCUT2D eigenvalue weighted by molar-refractivity contribution is 7.92. The number of aryl methyl sites for hydroxylation is 1. The van der Waals surface area contributed by atoms with E-state index in [-0.39, 0.29) is 10.6 Å². The number of anilines is 1. The lowest BCUT2D eigenvalue weighted by Gasteiger charge is -2.08. The molecule has 0 aliphatic carbocycles. The summed E-state index contributed by atoms with van der Waals surface area (Å²) in [4.78, 5) is 0.0675. The van der Waals surface area contributed by atoms with Crippen molar-refractivity contribution in [2.45, 2.75) is 11.8 Å². The molecule has 0 atom stereocenters. The third kappa shape index (κ3) is 3.24. The van der Waals surface area contributed by atoms with E-state index in [1.165, 1.54) is 36.4 Å². The predicted octanol–water partition coefficient (Wildman–Crippen LogP) is 3.59. The van der Waals surface area contributed by atoms with E-state index >= 15 is 0 Å². The molecule has 0 aromatic heterocycles. The maximum Gasteiger partial charge on any atom is 0.261 e. The van der Waals surface area contributed by atoms with Gasteiger partial charge in [0.25, 0.3) is 10.0 Å². The fraction of sp³-hybridized carbons (Fsp3) is 0.0769. The number of benzene rings is 2. The van der Waals surface area contributed by atoms with Crippen molar-refractivity contribution in [1.29, 1.82) is 0 Å². The number of nitrogens with one attached hydrogen (secondary N) is 1. The molecule has 0 heterocycles. The normalized spacial score (nSPS) is 11.3. The largest absolute Gasteiger partial charge is 0.280 e. The Bertz CT molecular complexity index is 699. The van der Waals surface area contributed by atoms with E-state index in [0.717, 1.165) is 6.07 Å². The maximum absolute atomic E-state index is 13.4. The fourth-order valence-corrected chi connectivity index (χ4v) is 2.66. The lowest BCUT2D eigenvalue weighted by atomic mass is 10.2. The minimum atomic E-state index is -3.74. The minimum Gasteiger partial charge on any atom is -0.280 e. The maximum atomic E-state index is 13.4. The molecule has 0 fully saturated rings. The average molecular weight is 300 g/mol. The lowest BCUT2D eigenvalue weighted by Crippen LogP contribution is -2.13. The van der Waals surface area contributed by atoms with Gasteiger partial charge in [0, 0.05) is 5.02 Å². The molecule has 100 valence electrons. The van der Waals surface area contributed by atoms with Gasteiger partial charge in [-0.15, -0.1) is 0 Å². The van der Waals surface area contributed by atoms with Crippen LogP contribution in [0, 0.1) is 12.7 Å². The van der Waals surface area contributed by atoms with Crippen molar-refractivity contribution in [3.05, 3.63) is 58.9 Å². The molecule has 0 saturated carbocycles. The van der Waals surface area contributed by atoms with Crippen molar-refractivity contribution < 1.29 is 12.8 Å². The summed E-state index contributed by atoms with van der Waals surface area (Å²) in [6.07, 6.45) is 0. The van der Waals surface area contributed by atoms with Gasteiger partial charge in [0.2, 0.25) is 0 Å². The van der Waals surface area contributed by atoms with Crippen LogP contribution in [0.1, 0.15) is 5.56 Å². The zero-order chi connectivity index (χ0) is 14.0. The van der Waals surface area contributed by atoms with Crippen LogP contribution in [-0.2, 0) is 10.0 Å². The van der Waals surface area contributed by atoms with Gasteiger partial charge in [-0.3, -0.25) is 4.72 Å². The highest BCUT2D eigenvalue weighted by Gasteiger charge is 2.14. The van der Waals surface area contributed by atoms with E-state index in [2.05, 4.69) is 4.72 Å². The number of halogens is 2. The van der Waals surface area contributed by atoms with Gasteiger partial charge in [-0.1, -0.05) is 17.7 Å². The third-order valence-electron chi connectivity index (χ3n) is 2.55. The summed E-state index contributed by atoms with van der Waals surface area (Å²) >= 11 is 5.70. The van der Waals surface area contributed by atoms with Crippen molar-refractivity contribution in [2.75, 3.05) is 4.72 Å². The van der Waals surface area contributed by atoms with E-state index in [9.17, 15) is 12.8 Å². The van der Waals surface area contributed by atoms with Gasteiger partial charge in [-0.05, 0) is 48.9 Å². The van der Waals surface area contributed by atoms with Crippen molar-refractivity contribution in [3.63, 3.8) is 0 Å². The Hall–Kier alpha value is -1.59. The smallest absolute Gasteiger partial charge is 0.261 e. The van der Waals surface area contributed by atoms with E-state index in [4.69, 9.17) is 11.6 Å². The number of hydrogen-bond donors (Lipinski definition) is 1.